The first-order valence-corrected chi connectivity index (χ1v) is 6.97. The second-order valence-electron chi connectivity index (χ2n) is 5.87. The highest BCUT2D eigenvalue weighted by Crippen LogP contribution is 2.28. The van der Waals surface area contributed by atoms with Gasteiger partial charge in [0.2, 0.25) is 0 Å². The summed E-state index contributed by atoms with van der Waals surface area (Å²) in [6.07, 6.45) is 4.77. The lowest BCUT2D eigenvalue weighted by molar-refractivity contribution is 0.0898. The standard InChI is InChI=1S/C15H22N2O2/c1-9-4-5-13(10(2)6-9)17-15(19)12-8-16-11(3)7-14(12)18/h7-10,13H,4-6H2,1-3H3,(H,16,18)(H,17,19). The number of hydrogen-bond acceptors (Lipinski definition) is 2. The van der Waals surface area contributed by atoms with Gasteiger partial charge in [0.15, 0.2) is 5.43 Å². The van der Waals surface area contributed by atoms with Crippen molar-refractivity contribution < 1.29 is 4.79 Å². The van der Waals surface area contributed by atoms with Gasteiger partial charge in [-0.15, -0.1) is 0 Å². The van der Waals surface area contributed by atoms with Crippen LogP contribution < -0.4 is 10.7 Å². The second-order valence-corrected chi connectivity index (χ2v) is 5.87. The molecule has 104 valence electrons. The van der Waals surface area contributed by atoms with Crippen molar-refractivity contribution in [1.29, 1.82) is 0 Å². The Morgan fingerprint density at radius 2 is 2.11 bits per heavy atom. The van der Waals surface area contributed by atoms with Gasteiger partial charge in [-0.05, 0) is 38.0 Å². The lowest BCUT2D eigenvalue weighted by Gasteiger charge is -2.33. The number of amides is 1. The van der Waals surface area contributed by atoms with Crippen LogP contribution in [0.15, 0.2) is 17.1 Å². The van der Waals surface area contributed by atoms with E-state index < -0.39 is 0 Å². The molecular weight excluding hydrogens is 240 g/mol. The predicted molar refractivity (Wildman–Crippen MR) is 75.2 cm³/mol. The van der Waals surface area contributed by atoms with Crippen molar-refractivity contribution in [1.82, 2.24) is 10.3 Å². The normalized spacial score (nSPS) is 27.0. The van der Waals surface area contributed by atoms with Crippen LogP contribution in [0.3, 0.4) is 0 Å². The molecule has 3 atom stereocenters. The first kappa shape index (κ1) is 13.8. The van der Waals surface area contributed by atoms with Gasteiger partial charge in [0, 0.05) is 24.0 Å². The Morgan fingerprint density at radius 3 is 2.74 bits per heavy atom. The van der Waals surface area contributed by atoms with Gasteiger partial charge in [-0.3, -0.25) is 9.59 Å². The molecule has 1 fully saturated rings. The second kappa shape index (κ2) is 5.59. The third-order valence-corrected chi connectivity index (χ3v) is 4.05. The van der Waals surface area contributed by atoms with Crippen LogP contribution in [0.4, 0.5) is 0 Å². The molecule has 2 rings (SSSR count). The zero-order chi connectivity index (χ0) is 14.0. The molecule has 1 amide bonds. The molecule has 0 bridgehead atoms. The Kier molecular flexibility index (Phi) is 4.08. The maximum absolute atomic E-state index is 12.1. The van der Waals surface area contributed by atoms with Crippen LogP contribution in [0.1, 0.15) is 49.2 Å². The van der Waals surface area contributed by atoms with Crippen molar-refractivity contribution in [3.63, 3.8) is 0 Å². The Hall–Kier alpha value is -1.58. The number of carbonyl (C=O) groups excluding carboxylic acids is 1. The monoisotopic (exact) mass is 262 g/mol. The summed E-state index contributed by atoms with van der Waals surface area (Å²) in [4.78, 5) is 26.8. The first-order valence-electron chi connectivity index (χ1n) is 6.97. The number of aromatic amines is 1. The van der Waals surface area contributed by atoms with Crippen LogP contribution in [0, 0.1) is 18.8 Å². The molecule has 1 aromatic rings. The van der Waals surface area contributed by atoms with Crippen molar-refractivity contribution in [3.05, 3.63) is 33.7 Å². The van der Waals surface area contributed by atoms with Gasteiger partial charge >= 0.3 is 0 Å². The summed E-state index contributed by atoms with van der Waals surface area (Å²) in [7, 11) is 0. The third-order valence-electron chi connectivity index (χ3n) is 4.05. The minimum Gasteiger partial charge on any atom is -0.364 e. The number of H-pyrrole nitrogens is 1. The van der Waals surface area contributed by atoms with E-state index in [1.165, 1.54) is 12.3 Å². The molecule has 0 aromatic carbocycles. The molecule has 19 heavy (non-hydrogen) atoms. The van der Waals surface area contributed by atoms with Crippen molar-refractivity contribution in [2.24, 2.45) is 11.8 Å². The average Bonchev–Trinajstić information content (AvgIpc) is 2.32. The fraction of sp³-hybridized carbons (Fsp3) is 0.600. The number of aromatic nitrogens is 1. The minimum atomic E-state index is -0.257. The van der Waals surface area contributed by atoms with E-state index in [0.717, 1.165) is 30.9 Å². The van der Waals surface area contributed by atoms with E-state index in [4.69, 9.17) is 0 Å². The number of nitrogens with one attached hydrogen (secondary N) is 2. The van der Waals surface area contributed by atoms with Gasteiger partial charge in [-0.1, -0.05) is 13.8 Å². The summed E-state index contributed by atoms with van der Waals surface area (Å²) in [5.74, 6) is 0.941. The molecule has 0 spiro atoms. The molecule has 0 radical (unpaired) electrons. The zero-order valence-electron chi connectivity index (χ0n) is 11.8. The van der Waals surface area contributed by atoms with Crippen molar-refractivity contribution in [2.75, 3.05) is 0 Å². The van der Waals surface area contributed by atoms with Crippen LogP contribution >= 0.6 is 0 Å². The highest BCUT2D eigenvalue weighted by Gasteiger charge is 2.27. The average molecular weight is 262 g/mol. The molecule has 1 aromatic heterocycles. The molecule has 1 saturated carbocycles. The van der Waals surface area contributed by atoms with Crippen molar-refractivity contribution in [2.45, 2.75) is 46.1 Å². The number of aryl methyl sites for hydroxylation is 1. The van der Waals surface area contributed by atoms with Gasteiger partial charge in [0.1, 0.15) is 5.56 Å². The molecule has 0 aliphatic heterocycles. The third kappa shape index (κ3) is 3.25. The van der Waals surface area contributed by atoms with E-state index in [1.54, 1.807) is 6.92 Å². The summed E-state index contributed by atoms with van der Waals surface area (Å²) in [5.41, 5.74) is 0.753. The fourth-order valence-corrected chi connectivity index (χ4v) is 2.88. The Bertz CT molecular complexity index is 521. The summed E-state index contributed by atoms with van der Waals surface area (Å²) in [6.45, 7) is 6.22. The summed E-state index contributed by atoms with van der Waals surface area (Å²) in [5, 5.41) is 3.01. The Morgan fingerprint density at radius 1 is 1.37 bits per heavy atom. The predicted octanol–water partition coefficient (Wildman–Crippen LogP) is 2.24. The van der Waals surface area contributed by atoms with Crippen LogP contribution in [-0.4, -0.2) is 16.9 Å². The topological polar surface area (TPSA) is 62.0 Å². The molecule has 0 saturated heterocycles. The molecule has 4 heteroatoms. The summed E-state index contributed by atoms with van der Waals surface area (Å²) < 4.78 is 0. The molecular formula is C15H22N2O2. The maximum Gasteiger partial charge on any atom is 0.256 e. The van der Waals surface area contributed by atoms with Gasteiger partial charge in [0.25, 0.3) is 5.91 Å². The zero-order valence-corrected chi connectivity index (χ0v) is 11.8. The van der Waals surface area contributed by atoms with Gasteiger partial charge in [0.05, 0.1) is 0 Å². The van der Waals surface area contributed by atoms with Crippen molar-refractivity contribution >= 4 is 5.91 Å². The molecule has 1 aliphatic rings. The Labute approximate surface area is 113 Å². The highest BCUT2D eigenvalue weighted by atomic mass is 16.2. The fourth-order valence-electron chi connectivity index (χ4n) is 2.88. The highest BCUT2D eigenvalue weighted by molar-refractivity contribution is 5.94. The number of carbonyl (C=O) groups is 1. The quantitative estimate of drug-likeness (QED) is 0.858. The Balaban J connectivity index is 2.07. The van der Waals surface area contributed by atoms with Gasteiger partial charge in [-0.25, -0.2) is 0 Å². The van der Waals surface area contributed by atoms with E-state index in [9.17, 15) is 9.59 Å². The summed E-state index contributed by atoms with van der Waals surface area (Å²) >= 11 is 0. The molecule has 2 N–H and O–H groups in total. The number of hydrogen-bond donors (Lipinski definition) is 2. The summed E-state index contributed by atoms with van der Waals surface area (Å²) in [6, 6.07) is 1.64. The van der Waals surface area contributed by atoms with Crippen molar-refractivity contribution in [3.8, 4) is 0 Å². The SMILES string of the molecule is Cc1cc(=O)c(C(=O)NC2CCC(C)CC2C)c[nH]1. The van der Waals surface area contributed by atoms with Crippen LogP contribution in [0.25, 0.3) is 0 Å². The minimum absolute atomic E-state index is 0.185. The van der Waals surface area contributed by atoms with E-state index in [0.29, 0.717) is 5.92 Å². The number of pyridine rings is 1. The number of rotatable bonds is 2. The molecule has 3 unspecified atom stereocenters. The van der Waals surface area contributed by atoms with E-state index in [1.807, 2.05) is 0 Å². The smallest absolute Gasteiger partial charge is 0.256 e. The van der Waals surface area contributed by atoms with E-state index >= 15 is 0 Å². The molecule has 1 heterocycles. The van der Waals surface area contributed by atoms with Crippen LogP contribution in [0.2, 0.25) is 0 Å². The lowest BCUT2D eigenvalue weighted by Crippen LogP contribution is -2.43. The van der Waals surface area contributed by atoms with Crippen LogP contribution in [-0.2, 0) is 0 Å². The van der Waals surface area contributed by atoms with Gasteiger partial charge in [-0.2, -0.15) is 0 Å². The van der Waals surface area contributed by atoms with Gasteiger partial charge < -0.3 is 10.3 Å². The van der Waals surface area contributed by atoms with Crippen LogP contribution in [0.5, 0.6) is 0 Å². The molecule has 4 nitrogen and oxygen atoms in total. The largest absolute Gasteiger partial charge is 0.364 e. The molecule has 1 aliphatic carbocycles. The van der Waals surface area contributed by atoms with E-state index in [2.05, 4.69) is 24.1 Å². The lowest BCUT2D eigenvalue weighted by atomic mass is 9.80. The van der Waals surface area contributed by atoms with E-state index in [-0.39, 0.29) is 22.9 Å². The maximum atomic E-state index is 12.1. The first-order chi connectivity index (χ1) is 8.97.